The number of ether oxygens (including phenoxy) is 1. The molecule has 1 heterocycles. The summed E-state index contributed by atoms with van der Waals surface area (Å²) >= 11 is 2.21. The maximum atomic E-state index is 11.8. The van der Waals surface area contributed by atoms with Crippen LogP contribution in [0.25, 0.3) is 0 Å². The molecule has 1 fully saturated rings. The van der Waals surface area contributed by atoms with E-state index >= 15 is 0 Å². The van der Waals surface area contributed by atoms with Crippen molar-refractivity contribution in [2.75, 3.05) is 6.61 Å². The van der Waals surface area contributed by atoms with Crippen LogP contribution < -0.4 is 0 Å². The summed E-state index contributed by atoms with van der Waals surface area (Å²) in [5.41, 5.74) is 0. The summed E-state index contributed by atoms with van der Waals surface area (Å²) in [6, 6.07) is 0. The Bertz CT molecular complexity index is 86.5. The van der Waals surface area contributed by atoms with Crippen LogP contribution in [-0.2, 0) is 4.74 Å². The third kappa shape index (κ3) is 2.57. The SMILES string of the molecule is FC(F)(Br)C[C@@H]1CO1. The maximum absolute atomic E-state index is 11.8. The van der Waals surface area contributed by atoms with Gasteiger partial charge in [0.1, 0.15) is 0 Å². The molecule has 0 aromatic rings. The molecule has 0 N–H and O–H groups in total. The van der Waals surface area contributed by atoms with Crippen molar-refractivity contribution in [2.45, 2.75) is 17.4 Å². The van der Waals surface area contributed by atoms with E-state index < -0.39 is 4.83 Å². The van der Waals surface area contributed by atoms with Crippen molar-refractivity contribution in [3.8, 4) is 0 Å². The zero-order chi connectivity index (χ0) is 6.20. The van der Waals surface area contributed by atoms with Crippen LogP contribution >= 0.6 is 15.9 Å². The normalized spacial score (nSPS) is 28.1. The molecule has 8 heavy (non-hydrogen) atoms. The molecule has 1 atom stereocenters. The average molecular weight is 187 g/mol. The van der Waals surface area contributed by atoms with Gasteiger partial charge in [0.05, 0.1) is 19.1 Å². The van der Waals surface area contributed by atoms with Crippen LogP contribution in [0.1, 0.15) is 6.42 Å². The Morgan fingerprint density at radius 2 is 2.25 bits per heavy atom. The number of halogens is 3. The lowest BCUT2D eigenvalue weighted by Gasteiger charge is -2.02. The molecule has 0 aliphatic carbocycles. The minimum atomic E-state index is -2.73. The predicted octanol–water partition coefficient (Wildman–Crippen LogP) is 1.76. The van der Waals surface area contributed by atoms with Crippen LogP contribution in [0.2, 0.25) is 0 Å². The van der Waals surface area contributed by atoms with Gasteiger partial charge in [-0.15, -0.1) is 0 Å². The van der Waals surface area contributed by atoms with Gasteiger partial charge in [-0.25, -0.2) is 0 Å². The number of epoxide rings is 1. The van der Waals surface area contributed by atoms with E-state index in [0.717, 1.165) is 0 Å². The van der Waals surface area contributed by atoms with E-state index in [4.69, 9.17) is 0 Å². The monoisotopic (exact) mass is 186 g/mol. The molecule has 0 aromatic heterocycles. The Hall–Kier alpha value is 0.300. The molecule has 4 heteroatoms. The van der Waals surface area contributed by atoms with E-state index in [9.17, 15) is 8.78 Å². The van der Waals surface area contributed by atoms with Gasteiger partial charge in [0.15, 0.2) is 0 Å². The fourth-order valence-electron chi connectivity index (χ4n) is 0.444. The Morgan fingerprint density at radius 3 is 2.38 bits per heavy atom. The van der Waals surface area contributed by atoms with E-state index in [-0.39, 0.29) is 12.5 Å². The summed E-state index contributed by atoms with van der Waals surface area (Å²) < 4.78 is 28.3. The van der Waals surface area contributed by atoms with Gasteiger partial charge in [-0.05, 0) is 15.9 Å². The first kappa shape index (κ1) is 6.42. The summed E-state index contributed by atoms with van der Waals surface area (Å²) in [6.45, 7) is 0.487. The molecular formula is C4H5BrF2O. The highest BCUT2D eigenvalue weighted by atomic mass is 79.9. The van der Waals surface area contributed by atoms with Gasteiger partial charge in [0.2, 0.25) is 0 Å². The molecule has 0 radical (unpaired) electrons. The molecule has 1 saturated heterocycles. The fraction of sp³-hybridized carbons (Fsp3) is 1.00. The van der Waals surface area contributed by atoms with Crippen molar-refractivity contribution in [3.05, 3.63) is 0 Å². The minimum Gasteiger partial charge on any atom is -0.373 e. The quantitative estimate of drug-likeness (QED) is 0.474. The molecule has 0 unspecified atom stereocenters. The molecular weight excluding hydrogens is 182 g/mol. The topological polar surface area (TPSA) is 12.5 Å². The maximum Gasteiger partial charge on any atom is 0.304 e. The molecule has 1 rings (SSSR count). The van der Waals surface area contributed by atoms with Gasteiger partial charge in [-0.3, -0.25) is 0 Å². The van der Waals surface area contributed by atoms with Crippen molar-refractivity contribution in [3.63, 3.8) is 0 Å². The zero-order valence-electron chi connectivity index (χ0n) is 4.03. The number of rotatable bonds is 2. The first-order valence-corrected chi connectivity index (χ1v) is 3.05. The van der Waals surface area contributed by atoms with Crippen LogP contribution in [0, 0.1) is 0 Å². The molecule has 0 spiro atoms. The molecule has 1 nitrogen and oxygen atoms in total. The molecule has 0 aromatic carbocycles. The molecule has 1 aliphatic rings. The van der Waals surface area contributed by atoms with E-state index in [1.165, 1.54) is 0 Å². The smallest absolute Gasteiger partial charge is 0.304 e. The van der Waals surface area contributed by atoms with E-state index in [2.05, 4.69) is 20.7 Å². The van der Waals surface area contributed by atoms with Crippen molar-refractivity contribution in [1.29, 1.82) is 0 Å². The minimum absolute atomic E-state index is 0.201. The second-order valence-corrected chi connectivity index (χ2v) is 2.93. The number of alkyl halides is 3. The summed E-state index contributed by atoms with van der Waals surface area (Å²) in [5, 5.41) is 0. The third-order valence-electron chi connectivity index (χ3n) is 0.861. The van der Waals surface area contributed by atoms with Crippen molar-refractivity contribution in [1.82, 2.24) is 0 Å². The van der Waals surface area contributed by atoms with E-state index in [1.807, 2.05) is 0 Å². The van der Waals surface area contributed by atoms with Crippen molar-refractivity contribution >= 4 is 15.9 Å². The van der Waals surface area contributed by atoms with Gasteiger partial charge in [-0.2, -0.15) is 8.78 Å². The first-order valence-electron chi connectivity index (χ1n) is 2.26. The van der Waals surface area contributed by atoms with Crippen LogP contribution in [0.15, 0.2) is 0 Å². The highest BCUT2D eigenvalue weighted by molar-refractivity contribution is 9.09. The van der Waals surface area contributed by atoms with Crippen LogP contribution in [0.3, 0.4) is 0 Å². The van der Waals surface area contributed by atoms with Gasteiger partial charge in [-0.1, -0.05) is 0 Å². The largest absolute Gasteiger partial charge is 0.373 e. The number of hydrogen-bond donors (Lipinski definition) is 0. The Labute approximate surface area is 54.1 Å². The highest BCUT2D eigenvalue weighted by Gasteiger charge is 2.35. The Kier molecular flexibility index (Phi) is 1.54. The first-order chi connectivity index (χ1) is 3.58. The van der Waals surface area contributed by atoms with Crippen LogP contribution in [0.4, 0.5) is 8.78 Å². The molecule has 0 bridgehead atoms. The van der Waals surface area contributed by atoms with Crippen LogP contribution in [-0.4, -0.2) is 17.5 Å². The summed E-state index contributed by atoms with van der Waals surface area (Å²) in [4.78, 5) is -2.73. The molecule has 48 valence electrons. The number of hydrogen-bond acceptors (Lipinski definition) is 1. The van der Waals surface area contributed by atoms with Gasteiger partial charge >= 0.3 is 4.83 Å². The summed E-state index contributed by atoms with van der Waals surface area (Å²) in [5.74, 6) is 0. The second kappa shape index (κ2) is 1.92. The summed E-state index contributed by atoms with van der Waals surface area (Å²) in [6.07, 6.45) is -0.406. The van der Waals surface area contributed by atoms with Crippen LogP contribution in [0.5, 0.6) is 0 Å². The highest BCUT2D eigenvalue weighted by Crippen LogP contribution is 2.32. The average Bonchev–Trinajstić information content (AvgIpc) is 2.12. The Balaban J connectivity index is 2.16. The van der Waals surface area contributed by atoms with Crippen molar-refractivity contribution in [2.24, 2.45) is 0 Å². The van der Waals surface area contributed by atoms with Gasteiger partial charge in [0, 0.05) is 0 Å². The zero-order valence-corrected chi connectivity index (χ0v) is 5.62. The molecule has 0 saturated carbocycles. The van der Waals surface area contributed by atoms with Crippen molar-refractivity contribution < 1.29 is 13.5 Å². The lowest BCUT2D eigenvalue weighted by Crippen LogP contribution is -2.07. The second-order valence-electron chi connectivity index (χ2n) is 1.77. The summed E-state index contributed by atoms with van der Waals surface area (Å²) in [7, 11) is 0. The Morgan fingerprint density at radius 1 is 1.75 bits per heavy atom. The fourth-order valence-corrected chi connectivity index (χ4v) is 0.805. The standard InChI is InChI=1S/C4H5BrF2O/c5-4(6,7)1-3-2-8-3/h3H,1-2H2/t3-/m1/s1. The molecule has 0 amide bonds. The van der Waals surface area contributed by atoms with E-state index in [1.54, 1.807) is 0 Å². The lowest BCUT2D eigenvalue weighted by molar-refractivity contribution is 0.0938. The van der Waals surface area contributed by atoms with E-state index in [0.29, 0.717) is 6.61 Å². The lowest BCUT2D eigenvalue weighted by atomic mass is 10.3. The molecule has 1 aliphatic heterocycles. The van der Waals surface area contributed by atoms with Gasteiger partial charge in [0.25, 0.3) is 0 Å². The van der Waals surface area contributed by atoms with Gasteiger partial charge < -0.3 is 4.74 Å². The predicted molar refractivity (Wildman–Crippen MR) is 28.2 cm³/mol. The third-order valence-corrected chi connectivity index (χ3v) is 1.19.